The predicted molar refractivity (Wildman–Crippen MR) is 73.5 cm³/mol. The normalized spacial score (nSPS) is 19.6. The Labute approximate surface area is 119 Å². The van der Waals surface area contributed by atoms with Crippen molar-refractivity contribution in [3.63, 3.8) is 0 Å². The van der Waals surface area contributed by atoms with E-state index in [0.29, 0.717) is 19.0 Å². The quantitative estimate of drug-likeness (QED) is 0.830. The number of amides is 1. The van der Waals surface area contributed by atoms with Crippen molar-refractivity contribution >= 4 is 6.09 Å². The average molecular weight is 279 g/mol. The van der Waals surface area contributed by atoms with Crippen molar-refractivity contribution < 1.29 is 14.3 Å². The highest BCUT2D eigenvalue weighted by Crippen LogP contribution is 2.18. The minimum Gasteiger partial charge on any atom is -0.472 e. The Hall–Kier alpha value is -1.85. The highest BCUT2D eigenvalue weighted by atomic mass is 16.6. The second kappa shape index (κ2) is 6.07. The number of aromatic nitrogens is 2. The summed E-state index contributed by atoms with van der Waals surface area (Å²) in [6, 6.07) is 1.71. The third-order valence-corrected chi connectivity index (χ3v) is 2.87. The van der Waals surface area contributed by atoms with E-state index >= 15 is 0 Å². The monoisotopic (exact) mass is 279 g/mol. The van der Waals surface area contributed by atoms with Gasteiger partial charge in [0, 0.05) is 18.8 Å². The molecule has 1 fully saturated rings. The Morgan fingerprint density at radius 1 is 1.45 bits per heavy atom. The second-order valence-electron chi connectivity index (χ2n) is 5.86. The molecule has 1 aliphatic heterocycles. The molecular formula is C14H21N3O3. The first kappa shape index (κ1) is 14.6. The van der Waals surface area contributed by atoms with Crippen LogP contribution in [-0.4, -0.2) is 45.8 Å². The van der Waals surface area contributed by atoms with Gasteiger partial charge in [-0.05, 0) is 33.6 Å². The molecule has 0 bridgehead atoms. The zero-order valence-corrected chi connectivity index (χ0v) is 12.2. The van der Waals surface area contributed by atoms with Crippen LogP contribution in [0.25, 0.3) is 0 Å². The Bertz CT molecular complexity index is 445. The van der Waals surface area contributed by atoms with Gasteiger partial charge in [0.2, 0.25) is 5.88 Å². The summed E-state index contributed by atoms with van der Waals surface area (Å²) >= 11 is 0. The Morgan fingerprint density at radius 3 is 2.90 bits per heavy atom. The number of carbonyl (C=O) groups is 1. The highest BCUT2D eigenvalue weighted by Gasteiger charge is 2.28. The molecule has 0 aliphatic carbocycles. The molecule has 0 radical (unpaired) electrons. The average Bonchev–Trinajstić information content (AvgIpc) is 2.38. The lowest BCUT2D eigenvalue weighted by molar-refractivity contribution is 0.00720. The summed E-state index contributed by atoms with van der Waals surface area (Å²) in [6.45, 7) is 6.83. The maximum Gasteiger partial charge on any atom is 0.410 e. The summed E-state index contributed by atoms with van der Waals surface area (Å²) in [5.74, 6) is 0.538. The van der Waals surface area contributed by atoms with E-state index in [4.69, 9.17) is 9.47 Å². The van der Waals surface area contributed by atoms with Crippen LogP contribution in [0.2, 0.25) is 0 Å². The van der Waals surface area contributed by atoms with Crippen LogP contribution in [-0.2, 0) is 4.74 Å². The molecule has 1 saturated heterocycles. The smallest absolute Gasteiger partial charge is 0.410 e. The zero-order chi connectivity index (χ0) is 14.6. The van der Waals surface area contributed by atoms with Crippen molar-refractivity contribution in [1.29, 1.82) is 0 Å². The number of likely N-dealkylation sites (tertiary alicyclic amines) is 1. The molecule has 2 rings (SSSR count). The number of nitrogens with zero attached hydrogens (tertiary/aromatic N) is 3. The molecule has 2 heterocycles. The largest absolute Gasteiger partial charge is 0.472 e. The van der Waals surface area contributed by atoms with Crippen molar-refractivity contribution in [1.82, 2.24) is 14.9 Å². The molecule has 1 aliphatic rings. The number of hydrogen-bond acceptors (Lipinski definition) is 5. The van der Waals surface area contributed by atoms with Gasteiger partial charge in [-0.25, -0.2) is 14.8 Å². The molecule has 1 amide bonds. The first-order valence-electron chi connectivity index (χ1n) is 6.84. The third-order valence-electron chi connectivity index (χ3n) is 2.87. The molecule has 110 valence electrons. The molecule has 0 aromatic carbocycles. The van der Waals surface area contributed by atoms with Gasteiger partial charge in [-0.3, -0.25) is 0 Å². The van der Waals surface area contributed by atoms with Crippen molar-refractivity contribution in [2.75, 3.05) is 13.1 Å². The number of ether oxygens (including phenoxy) is 2. The van der Waals surface area contributed by atoms with Crippen molar-refractivity contribution in [3.05, 3.63) is 18.6 Å². The van der Waals surface area contributed by atoms with E-state index in [-0.39, 0.29) is 12.2 Å². The first-order valence-corrected chi connectivity index (χ1v) is 6.84. The standard InChI is InChI=1S/C14H21N3O3/c1-14(2,3)20-13(18)17-8-4-5-11(9-17)19-12-6-7-15-10-16-12/h6-7,10-11H,4-5,8-9H2,1-3H3/t11-/m0/s1. The van der Waals surface area contributed by atoms with E-state index in [9.17, 15) is 4.79 Å². The lowest BCUT2D eigenvalue weighted by Gasteiger charge is -2.33. The SMILES string of the molecule is CC(C)(C)OC(=O)N1CCC[C@H](Oc2ccncn2)C1. The molecule has 0 spiro atoms. The predicted octanol–water partition coefficient (Wildman–Crippen LogP) is 2.25. The van der Waals surface area contributed by atoms with Gasteiger partial charge in [0.25, 0.3) is 0 Å². The molecule has 6 nitrogen and oxygen atoms in total. The fourth-order valence-corrected chi connectivity index (χ4v) is 2.05. The lowest BCUT2D eigenvalue weighted by Crippen LogP contribution is -2.46. The van der Waals surface area contributed by atoms with Gasteiger partial charge in [0.05, 0.1) is 6.54 Å². The van der Waals surface area contributed by atoms with Crippen LogP contribution in [0.5, 0.6) is 5.88 Å². The molecule has 0 unspecified atom stereocenters. The number of rotatable bonds is 2. The molecule has 1 aromatic heterocycles. The van der Waals surface area contributed by atoms with Crippen molar-refractivity contribution in [2.45, 2.75) is 45.3 Å². The van der Waals surface area contributed by atoms with E-state index < -0.39 is 5.60 Å². The van der Waals surface area contributed by atoms with Gasteiger partial charge in [-0.2, -0.15) is 0 Å². The molecular weight excluding hydrogens is 258 g/mol. The van der Waals surface area contributed by atoms with Crippen LogP contribution >= 0.6 is 0 Å². The van der Waals surface area contributed by atoms with E-state index in [0.717, 1.165) is 12.8 Å². The summed E-state index contributed by atoms with van der Waals surface area (Å²) in [5, 5.41) is 0. The number of carbonyl (C=O) groups excluding carboxylic acids is 1. The van der Waals surface area contributed by atoms with Crippen molar-refractivity contribution in [2.24, 2.45) is 0 Å². The Kier molecular flexibility index (Phi) is 4.42. The summed E-state index contributed by atoms with van der Waals surface area (Å²) in [7, 11) is 0. The zero-order valence-electron chi connectivity index (χ0n) is 12.2. The molecule has 20 heavy (non-hydrogen) atoms. The summed E-state index contributed by atoms with van der Waals surface area (Å²) < 4.78 is 11.1. The number of piperidine rings is 1. The molecule has 0 saturated carbocycles. The molecule has 1 atom stereocenters. The second-order valence-corrected chi connectivity index (χ2v) is 5.86. The topological polar surface area (TPSA) is 64.5 Å². The maximum atomic E-state index is 12.0. The van der Waals surface area contributed by atoms with Crippen LogP contribution in [0.4, 0.5) is 4.79 Å². The minimum atomic E-state index is -0.475. The molecule has 6 heteroatoms. The minimum absolute atomic E-state index is 0.0498. The van der Waals surface area contributed by atoms with Gasteiger partial charge >= 0.3 is 6.09 Å². The van der Waals surface area contributed by atoms with Crippen LogP contribution in [0.3, 0.4) is 0 Å². The maximum absolute atomic E-state index is 12.0. The fourth-order valence-electron chi connectivity index (χ4n) is 2.05. The fraction of sp³-hybridized carbons (Fsp3) is 0.643. The molecule has 1 aromatic rings. The Balaban J connectivity index is 1.90. The van der Waals surface area contributed by atoms with Crippen molar-refractivity contribution in [3.8, 4) is 5.88 Å². The molecule has 0 N–H and O–H groups in total. The van der Waals surface area contributed by atoms with Crippen LogP contribution in [0, 0.1) is 0 Å². The van der Waals surface area contributed by atoms with E-state index in [1.807, 2.05) is 20.8 Å². The Morgan fingerprint density at radius 2 is 2.25 bits per heavy atom. The summed E-state index contributed by atoms with van der Waals surface area (Å²) in [5.41, 5.74) is -0.475. The van der Waals surface area contributed by atoms with E-state index in [1.54, 1.807) is 17.2 Å². The van der Waals surface area contributed by atoms with E-state index in [1.165, 1.54) is 6.33 Å². The van der Waals surface area contributed by atoms with Gasteiger partial charge in [-0.1, -0.05) is 0 Å². The third kappa shape index (κ3) is 4.36. The number of hydrogen-bond donors (Lipinski definition) is 0. The van der Waals surface area contributed by atoms with Crippen LogP contribution in [0.15, 0.2) is 18.6 Å². The van der Waals surface area contributed by atoms with Gasteiger partial charge < -0.3 is 14.4 Å². The van der Waals surface area contributed by atoms with Gasteiger partial charge in [0.1, 0.15) is 18.0 Å². The van der Waals surface area contributed by atoms with Gasteiger partial charge in [-0.15, -0.1) is 0 Å². The van der Waals surface area contributed by atoms with Crippen LogP contribution < -0.4 is 4.74 Å². The summed E-state index contributed by atoms with van der Waals surface area (Å²) in [6.07, 6.45) is 4.55. The lowest BCUT2D eigenvalue weighted by atomic mass is 10.1. The van der Waals surface area contributed by atoms with E-state index in [2.05, 4.69) is 9.97 Å². The highest BCUT2D eigenvalue weighted by molar-refractivity contribution is 5.68. The van der Waals surface area contributed by atoms with Gasteiger partial charge in [0.15, 0.2) is 0 Å². The summed E-state index contributed by atoms with van der Waals surface area (Å²) in [4.78, 5) is 21.6. The first-order chi connectivity index (χ1) is 9.44. The van der Waals surface area contributed by atoms with Crippen LogP contribution in [0.1, 0.15) is 33.6 Å².